The fourth-order valence-corrected chi connectivity index (χ4v) is 3.38. The molecule has 1 heterocycles. The van der Waals surface area contributed by atoms with Crippen molar-refractivity contribution in [1.82, 2.24) is 10.2 Å². The van der Waals surface area contributed by atoms with Crippen LogP contribution in [0.4, 0.5) is 5.69 Å². The standard InChI is InChI=1S/C16H17N3O4S/c1-9-13(15(20)23-2)14(17-16(24)18(9)11-6-7-11)10-4-3-5-12(8-10)19(21)22/h3-5,8,11,14H,6-7H2,1-2H3,(H,17,24)/t14-/m1/s1. The van der Waals surface area contributed by atoms with Crippen molar-refractivity contribution in [3.05, 3.63) is 51.2 Å². The van der Waals surface area contributed by atoms with E-state index in [1.165, 1.54) is 19.2 Å². The minimum Gasteiger partial charge on any atom is -0.466 e. The molecule has 3 rings (SSSR count). The fraction of sp³-hybridized carbons (Fsp3) is 0.375. The molecule has 7 nitrogen and oxygen atoms in total. The predicted octanol–water partition coefficient (Wildman–Crippen LogP) is 2.44. The Morgan fingerprint density at radius 3 is 2.75 bits per heavy atom. The van der Waals surface area contributed by atoms with Gasteiger partial charge in [-0.15, -0.1) is 0 Å². The zero-order valence-electron chi connectivity index (χ0n) is 13.3. The summed E-state index contributed by atoms with van der Waals surface area (Å²) in [6.45, 7) is 1.84. The van der Waals surface area contributed by atoms with Crippen LogP contribution in [-0.4, -0.2) is 34.1 Å². The maximum Gasteiger partial charge on any atom is 0.337 e. The zero-order valence-corrected chi connectivity index (χ0v) is 14.1. The number of ether oxygens (including phenoxy) is 1. The third kappa shape index (κ3) is 2.84. The van der Waals surface area contributed by atoms with Gasteiger partial charge in [-0.3, -0.25) is 10.1 Å². The van der Waals surface area contributed by atoms with Gasteiger partial charge in [0, 0.05) is 23.9 Å². The molecule has 1 N–H and O–H groups in total. The molecule has 0 radical (unpaired) electrons. The van der Waals surface area contributed by atoms with Gasteiger partial charge in [0.15, 0.2) is 5.11 Å². The predicted molar refractivity (Wildman–Crippen MR) is 91.1 cm³/mol. The molecule has 0 amide bonds. The van der Waals surface area contributed by atoms with Crippen LogP contribution in [0.25, 0.3) is 0 Å². The molecule has 0 spiro atoms. The fourth-order valence-electron chi connectivity index (χ4n) is 2.97. The maximum atomic E-state index is 12.4. The van der Waals surface area contributed by atoms with E-state index in [-0.39, 0.29) is 5.69 Å². The first kappa shape index (κ1) is 16.4. The van der Waals surface area contributed by atoms with Crippen molar-refractivity contribution in [3.63, 3.8) is 0 Å². The van der Waals surface area contributed by atoms with Crippen LogP contribution in [0.15, 0.2) is 35.5 Å². The van der Waals surface area contributed by atoms with Crippen molar-refractivity contribution in [2.75, 3.05) is 7.11 Å². The number of esters is 1. The Morgan fingerprint density at radius 1 is 1.46 bits per heavy atom. The van der Waals surface area contributed by atoms with Gasteiger partial charge in [0.1, 0.15) is 0 Å². The number of allylic oxidation sites excluding steroid dienone is 1. The van der Waals surface area contributed by atoms with Gasteiger partial charge in [-0.05, 0) is 37.5 Å². The van der Waals surface area contributed by atoms with E-state index in [4.69, 9.17) is 17.0 Å². The number of hydrogen-bond acceptors (Lipinski definition) is 5. The van der Waals surface area contributed by atoms with E-state index in [1.54, 1.807) is 12.1 Å². The van der Waals surface area contributed by atoms with Crippen molar-refractivity contribution < 1.29 is 14.5 Å². The summed E-state index contributed by atoms with van der Waals surface area (Å²) in [5, 5.41) is 14.7. The number of rotatable bonds is 4. The minimum absolute atomic E-state index is 0.0355. The number of thiocarbonyl (C=S) groups is 1. The number of nitrogens with zero attached hydrogens (tertiary/aromatic N) is 2. The lowest BCUT2D eigenvalue weighted by Gasteiger charge is -2.37. The quantitative estimate of drug-likeness (QED) is 0.387. The summed E-state index contributed by atoms with van der Waals surface area (Å²) in [6.07, 6.45) is 2.05. The molecule has 1 atom stereocenters. The Labute approximate surface area is 144 Å². The van der Waals surface area contributed by atoms with Gasteiger partial charge in [0.2, 0.25) is 0 Å². The average Bonchev–Trinajstić information content (AvgIpc) is 3.38. The number of carbonyl (C=O) groups is 1. The molecular weight excluding hydrogens is 330 g/mol. The average molecular weight is 347 g/mol. The van der Waals surface area contributed by atoms with Crippen molar-refractivity contribution in [1.29, 1.82) is 0 Å². The van der Waals surface area contributed by atoms with Crippen LogP contribution in [0.1, 0.15) is 31.4 Å². The Hall–Kier alpha value is -2.48. The number of non-ortho nitro benzene ring substituents is 1. The van der Waals surface area contributed by atoms with E-state index >= 15 is 0 Å². The normalized spacial score (nSPS) is 20.7. The second-order valence-corrected chi connectivity index (χ2v) is 6.21. The highest BCUT2D eigenvalue weighted by Gasteiger charge is 2.40. The van der Waals surface area contributed by atoms with Gasteiger partial charge in [-0.2, -0.15) is 0 Å². The molecule has 1 fully saturated rings. The summed E-state index contributed by atoms with van der Waals surface area (Å²) in [5.74, 6) is -0.468. The van der Waals surface area contributed by atoms with E-state index in [0.29, 0.717) is 22.3 Å². The molecule has 0 unspecified atom stereocenters. The molecule has 1 aliphatic carbocycles. The van der Waals surface area contributed by atoms with Crippen LogP contribution >= 0.6 is 12.2 Å². The molecular formula is C16H17N3O4S. The van der Waals surface area contributed by atoms with Crippen molar-refractivity contribution in [3.8, 4) is 0 Å². The van der Waals surface area contributed by atoms with Gasteiger partial charge < -0.3 is 15.0 Å². The lowest BCUT2D eigenvalue weighted by molar-refractivity contribution is -0.384. The number of benzene rings is 1. The number of methoxy groups -OCH3 is 1. The van der Waals surface area contributed by atoms with Crippen LogP contribution in [-0.2, 0) is 9.53 Å². The number of nitro benzene ring substituents is 1. The van der Waals surface area contributed by atoms with Crippen LogP contribution in [0.5, 0.6) is 0 Å². The zero-order chi connectivity index (χ0) is 17.4. The Morgan fingerprint density at radius 2 is 2.17 bits per heavy atom. The van der Waals surface area contributed by atoms with E-state index in [0.717, 1.165) is 18.5 Å². The van der Waals surface area contributed by atoms with Crippen molar-refractivity contribution in [2.45, 2.75) is 31.8 Å². The topological polar surface area (TPSA) is 84.7 Å². The lowest BCUT2D eigenvalue weighted by atomic mass is 9.94. The lowest BCUT2D eigenvalue weighted by Crippen LogP contribution is -2.48. The molecule has 2 aliphatic rings. The smallest absolute Gasteiger partial charge is 0.337 e. The summed E-state index contributed by atoms with van der Waals surface area (Å²) in [7, 11) is 1.32. The summed E-state index contributed by atoms with van der Waals surface area (Å²) < 4.78 is 4.93. The highest BCUT2D eigenvalue weighted by Crippen LogP contribution is 2.38. The van der Waals surface area contributed by atoms with Gasteiger partial charge in [0.25, 0.3) is 5.69 Å². The molecule has 24 heavy (non-hydrogen) atoms. The minimum atomic E-state index is -0.570. The number of hydrogen-bond donors (Lipinski definition) is 1. The third-order valence-corrected chi connectivity index (χ3v) is 4.57. The van der Waals surface area contributed by atoms with Gasteiger partial charge in [-0.25, -0.2) is 4.79 Å². The highest BCUT2D eigenvalue weighted by atomic mass is 32.1. The van der Waals surface area contributed by atoms with Crippen LogP contribution in [0.2, 0.25) is 0 Å². The van der Waals surface area contributed by atoms with Crippen LogP contribution < -0.4 is 5.32 Å². The SMILES string of the molecule is COC(=O)C1=C(C)N(C2CC2)C(=S)N[C@@H]1c1cccc([N+](=O)[O-])c1. The number of carbonyl (C=O) groups excluding carboxylic acids is 1. The van der Waals surface area contributed by atoms with E-state index in [9.17, 15) is 14.9 Å². The molecule has 1 aromatic carbocycles. The van der Waals surface area contributed by atoms with Gasteiger partial charge in [0.05, 0.1) is 23.6 Å². The number of nitro groups is 1. The summed E-state index contributed by atoms with van der Waals surface area (Å²) >= 11 is 5.45. The number of nitrogens with one attached hydrogen (secondary N) is 1. The van der Waals surface area contributed by atoms with Crippen LogP contribution in [0, 0.1) is 10.1 Å². The molecule has 0 bridgehead atoms. The Kier molecular flexibility index (Phi) is 4.23. The maximum absolute atomic E-state index is 12.4. The molecule has 1 saturated carbocycles. The van der Waals surface area contributed by atoms with Crippen molar-refractivity contribution in [2.24, 2.45) is 0 Å². The van der Waals surface area contributed by atoms with Gasteiger partial charge >= 0.3 is 5.97 Å². The van der Waals surface area contributed by atoms with E-state index in [2.05, 4.69) is 5.32 Å². The summed E-state index contributed by atoms with van der Waals surface area (Å²) in [5.41, 5.74) is 1.73. The molecule has 1 aliphatic heterocycles. The Bertz CT molecular complexity index is 757. The molecule has 0 saturated heterocycles. The summed E-state index contributed by atoms with van der Waals surface area (Å²) in [6, 6.07) is 5.92. The van der Waals surface area contributed by atoms with Crippen LogP contribution in [0.3, 0.4) is 0 Å². The largest absolute Gasteiger partial charge is 0.466 e. The van der Waals surface area contributed by atoms with Crippen molar-refractivity contribution >= 4 is 29.0 Å². The second kappa shape index (κ2) is 6.20. The monoisotopic (exact) mass is 347 g/mol. The third-order valence-electron chi connectivity index (χ3n) is 4.26. The molecule has 0 aromatic heterocycles. The van der Waals surface area contributed by atoms with Gasteiger partial charge in [-0.1, -0.05) is 12.1 Å². The second-order valence-electron chi connectivity index (χ2n) is 5.83. The summed E-state index contributed by atoms with van der Waals surface area (Å²) in [4.78, 5) is 24.9. The molecule has 1 aromatic rings. The molecule has 126 valence electrons. The first-order valence-electron chi connectivity index (χ1n) is 7.57. The Balaban J connectivity index is 2.08. The van der Waals surface area contributed by atoms with E-state index in [1.807, 2.05) is 11.8 Å². The molecule has 8 heteroatoms. The van der Waals surface area contributed by atoms with E-state index < -0.39 is 16.9 Å². The first-order valence-corrected chi connectivity index (χ1v) is 7.98. The highest BCUT2D eigenvalue weighted by molar-refractivity contribution is 7.80. The first-order chi connectivity index (χ1) is 11.4.